The maximum atomic E-state index is 10.8. The molecule has 0 spiro atoms. The van der Waals surface area contributed by atoms with Gasteiger partial charge in [0.25, 0.3) is 0 Å². The fraction of sp³-hybridized carbons (Fsp3) is 1.00. The first kappa shape index (κ1) is 4.62. The molecule has 3 heteroatoms. The van der Waals surface area contributed by atoms with E-state index in [4.69, 9.17) is 0 Å². The van der Waals surface area contributed by atoms with Crippen LogP contribution >= 0.6 is 22.9 Å². The highest BCUT2D eigenvalue weighted by Crippen LogP contribution is 1.87. The Bertz CT molecular complexity index is 12.8. The van der Waals surface area contributed by atoms with Gasteiger partial charge in [0, 0.05) is 7.05 Å². The molecule has 0 bridgehead atoms. The van der Waals surface area contributed by atoms with Crippen LogP contribution in [0, 0.1) is 0 Å². The van der Waals surface area contributed by atoms with Gasteiger partial charge in [0.1, 0.15) is 0 Å². The second kappa shape index (κ2) is 1.90. The van der Waals surface area contributed by atoms with Crippen molar-refractivity contribution in [3.63, 3.8) is 0 Å². The fourth-order valence-electron chi connectivity index (χ4n) is 0. The van der Waals surface area contributed by atoms with Gasteiger partial charge in [0.05, 0.1) is 22.9 Å². The van der Waals surface area contributed by atoms with Crippen LogP contribution in [0.3, 0.4) is 0 Å². The molecule has 1 nitrogen and oxygen atoms in total. The molecule has 0 rings (SSSR count). The molecule has 0 fully saturated rings. The predicted molar refractivity (Wildman–Crippen MR) is 22.9 cm³/mol. The zero-order valence-corrected chi connectivity index (χ0v) is 4.36. The Kier molecular flexibility index (Phi) is 2.19. The van der Waals surface area contributed by atoms with Gasteiger partial charge in [-0.15, -0.1) is 4.48 Å². The first-order valence-electron chi connectivity index (χ1n) is 0.785. The number of hydrogen-bond donors (Lipinski definition) is 0. The molecule has 4 heavy (non-hydrogen) atoms. The molecule has 0 radical (unpaired) electrons. The Morgan fingerprint density at radius 3 is 2.00 bits per heavy atom. The van der Waals surface area contributed by atoms with Gasteiger partial charge in [0.2, 0.25) is 0 Å². The molecule has 0 aliphatic carbocycles. The molecule has 0 atom stereocenters. The molecule has 0 heterocycles. The summed E-state index contributed by atoms with van der Waals surface area (Å²) in [7, 11) is 1.32. The fourth-order valence-corrected chi connectivity index (χ4v) is 0. The maximum absolute atomic E-state index is 10.8. The lowest BCUT2D eigenvalue weighted by Crippen LogP contribution is -1.78. The van der Waals surface area contributed by atoms with Gasteiger partial charge in [-0.3, -0.25) is 0 Å². The monoisotopic (exact) mass is 175 g/mol. The van der Waals surface area contributed by atoms with E-state index in [-0.39, 0.29) is 0 Å². The maximum Gasteiger partial charge on any atom is 0.0550 e. The van der Waals surface area contributed by atoms with Crippen LogP contribution in [0.15, 0.2) is 0 Å². The third-order valence-corrected chi connectivity index (χ3v) is 0. The molecule has 0 unspecified atom stereocenters. The third-order valence-electron chi connectivity index (χ3n) is 0. The Balaban J connectivity index is 2.32. The average molecular weight is 175 g/mol. The average Bonchev–Trinajstić information content (AvgIpc) is 0.811. The molecule has 0 aromatic rings. The molecule has 0 aliphatic heterocycles. The predicted octanol–water partition coefficient (Wildman–Crippen LogP) is 1.15. The van der Waals surface area contributed by atoms with E-state index in [1.807, 2.05) is 0 Å². The lowest BCUT2D eigenvalue weighted by atomic mass is 11.6. The van der Waals surface area contributed by atoms with Crippen molar-refractivity contribution in [1.29, 1.82) is 0 Å². The van der Waals surface area contributed by atoms with E-state index in [0.717, 1.165) is 0 Å². The lowest BCUT2D eigenvalue weighted by Gasteiger charge is -1.78. The molecule has 0 aromatic heterocycles. The zero-order chi connectivity index (χ0) is 3.58. The summed E-state index contributed by atoms with van der Waals surface area (Å²) in [4.78, 5) is 0. The van der Waals surface area contributed by atoms with E-state index >= 15 is 0 Å². The van der Waals surface area contributed by atoms with Gasteiger partial charge >= 0.3 is 0 Å². The minimum Gasteiger partial charge on any atom is -0.124 e. The number of halogens is 2. The molecule has 0 amide bonds. The van der Waals surface area contributed by atoms with Crippen molar-refractivity contribution in [3.8, 4) is 0 Å². The largest absolute Gasteiger partial charge is 0.124 e. The molecular formula is CH3FIN. The van der Waals surface area contributed by atoms with Crippen LogP contribution in [0.25, 0.3) is 0 Å². The minimum atomic E-state index is 0.470. The smallest absolute Gasteiger partial charge is 0.0550 e. The summed E-state index contributed by atoms with van der Waals surface area (Å²) >= 11 is 1.51. The van der Waals surface area contributed by atoms with E-state index in [1.54, 1.807) is 0 Å². The van der Waals surface area contributed by atoms with E-state index in [9.17, 15) is 4.48 Å². The minimum absolute atomic E-state index is 0.470. The van der Waals surface area contributed by atoms with Crippen molar-refractivity contribution in [2.45, 2.75) is 0 Å². The van der Waals surface area contributed by atoms with Gasteiger partial charge in [-0.05, 0) is 0 Å². The summed E-state index contributed by atoms with van der Waals surface area (Å²) in [5, 5.41) is 0. The molecule has 0 N–H and O–H groups in total. The zero-order valence-electron chi connectivity index (χ0n) is 2.20. The summed E-state index contributed by atoms with van der Waals surface area (Å²) in [5.41, 5.74) is 0. The summed E-state index contributed by atoms with van der Waals surface area (Å²) < 4.78 is 11.3. The van der Waals surface area contributed by atoms with Crippen molar-refractivity contribution < 1.29 is 4.48 Å². The second-order valence-corrected chi connectivity index (χ2v) is 1.73. The SMILES string of the molecule is CN(F)I. The van der Waals surface area contributed by atoms with Crippen LogP contribution in [0.5, 0.6) is 0 Å². The van der Waals surface area contributed by atoms with Crippen LogP contribution in [0.1, 0.15) is 0 Å². The van der Waals surface area contributed by atoms with Gasteiger partial charge < -0.3 is 0 Å². The topological polar surface area (TPSA) is 3.24 Å². The van der Waals surface area contributed by atoms with Crippen molar-refractivity contribution in [2.24, 2.45) is 0 Å². The molecule has 26 valence electrons. The van der Waals surface area contributed by atoms with Crippen molar-refractivity contribution in [2.75, 3.05) is 7.05 Å². The number of rotatable bonds is 0. The van der Waals surface area contributed by atoms with Crippen molar-refractivity contribution in [3.05, 3.63) is 0 Å². The molecule has 0 aliphatic rings. The lowest BCUT2D eigenvalue weighted by molar-refractivity contribution is 0.231. The molecular weight excluding hydrogens is 172 g/mol. The van der Waals surface area contributed by atoms with Gasteiger partial charge in [0.15, 0.2) is 0 Å². The van der Waals surface area contributed by atoms with Crippen LogP contribution in [0.4, 0.5) is 4.48 Å². The Morgan fingerprint density at radius 2 is 2.00 bits per heavy atom. The first-order valence-corrected chi connectivity index (χ1v) is 1.75. The van der Waals surface area contributed by atoms with Crippen LogP contribution in [-0.4, -0.2) is 10.4 Å². The first-order chi connectivity index (χ1) is 1.73. The van der Waals surface area contributed by atoms with Crippen LogP contribution in [0.2, 0.25) is 0 Å². The Hall–Kier alpha value is 0.620. The summed E-state index contributed by atoms with van der Waals surface area (Å²) in [6.07, 6.45) is 0. The molecule has 0 saturated heterocycles. The highest BCUT2D eigenvalue weighted by Gasteiger charge is 1.68. The van der Waals surface area contributed by atoms with Gasteiger partial charge in [-0.1, -0.05) is 3.34 Å². The Labute approximate surface area is 38.2 Å². The number of hydrogen-bond acceptors (Lipinski definition) is 1. The summed E-state index contributed by atoms with van der Waals surface area (Å²) in [6.45, 7) is 0. The highest BCUT2D eigenvalue weighted by atomic mass is 127. The standard InChI is InChI=1S/CH3FIN/c1-4(2)3/h1H3. The van der Waals surface area contributed by atoms with E-state index in [1.165, 1.54) is 29.9 Å². The molecule has 0 saturated carbocycles. The van der Waals surface area contributed by atoms with Crippen LogP contribution in [-0.2, 0) is 0 Å². The molecule has 0 aromatic carbocycles. The summed E-state index contributed by atoms with van der Waals surface area (Å²) in [6, 6.07) is 0. The number of nitrogens with zero attached hydrogens (tertiary/aromatic N) is 1. The normalized spacial score (nSPS) is 9.00. The van der Waals surface area contributed by atoms with E-state index < -0.39 is 0 Å². The van der Waals surface area contributed by atoms with Gasteiger partial charge in [-0.25, -0.2) is 0 Å². The van der Waals surface area contributed by atoms with E-state index in [0.29, 0.717) is 3.34 Å². The Morgan fingerprint density at radius 1 is 2.00 bits per heavy atom. The van der Waals surface area contributed by atoms with Crippen molar-refractivity contribution >= 4 is 22.9 Å². The highest BCUT2D eigenvalue weighted by molar-refractivity contribution is 14.1. The summed E-state index contributed by atoms with van der Waals surface area (Å²) in [5.74, 6) is 0. The van der Waals surface area contributed by atoms with Gasteiger partial charge in [-0.2, -0.15) is 0 Å². The second-order valence-electron chi connectivity index (χ2n) is 0.402. The quantitative estimate of drug-likeness (QED) is 0.394. The van der Waals surface area contributed by atoms with Crippen molar-refractivity contribution in [1.82, 2.24) is 3.34 Å². The van der Waals surface area contributed by atoms with E-state index in [2.05, 4.69) is 0 Å². The van der Waals surface area contributed by atoms with Crippen LogP contribution < -0.4 is 0 Å². The third kappa shape index (κ3) is 17.9.